The number of hydrogen-bond acceptors (Lipinski definition) is 1. The van der Waals surface area contributed by atoms with Crippen LogP contribution in [-0.2, 0) is 0 Å². The first-order valence-electron chi connectivity index (χ1n) is 1.61. The first-order chi connectivity index (χ1) is 2.91. The highest BCUT2D eigenvalue weighted by Crippen LogP contribution is 1.67. The molecule has 0 atom stereocenters. The Hall–Kier alpha value is -0.550. The van der Waals surface area contributed by atoms with Gasteiger partial charge in [-0.05, 0) is 0 Å². The molecule has 0 aromatic rings. The summed E-state index contributed by atoms with van der Waals surface area (Å²) in [6, 6.07) is 0. The third kappa shape index (κ3) is 3.45. The third-order valence-corrected chi connectivity index (χ3v) is 0.304. The van der Waals surface area contributed by atoms with Crippen LogP contribution in [0.4, 0.5) is 4.39 Å². The van der Waals surface area contributed by atoms with Crippen molar-refractivity contribution in [2.45, 2.75) is 6.42 Å². The van der Waals surface area contributed by atoms with Crippen LogP contribution < -0.4 is 0 Å². The zero-order valence-corrected chi connectivity index (χ0v) is 3.24. The van der Waals surface area contributed by atoms with E-state index in [4.69, 9.17) is 5.11 Å². The second kappa shape index (κ2) is 4.45. The molecule has 0 saturated carbocycles. The van der Waals surface area contributed by atoms with Gasteiger partial charge in [-0.25, -0.2) is 0 Å². The Kier molecular flexibility index (Phi) is 4.04. The van der Waals surface area contributed by atoms with E-state index in [9.17, 15) is 4.39 Å². The standard InChI is InChI=1S/C4H5FO/c5-3-1-2-4-6/h6H,2,4H2. The second-order valence-electron chi connectivity index (χ2n) is 0.745. The zero-order chi connectivity index (χ0) is 4.83. The van der Waals surface area contributed by atoms with Crippen molar-refractivity contribution in [1.82, 2.24) is 0 Å². The summed E-state index contributed by atoms with van der Waals surface area (Å²) in [7, 11) is 0. The second-order valence-corrected chi connectivity index (χ2v) is 0.745. The fourth-order valence-electron chi connectivity index (χ4n) is 0.103. The van der Waals surface area contributed by atoms with Crippen molar-refractivity contribution in [2.75, 3.05) is 6.61 Å². The van der Waals surface area contributed by atoms with Crippen LogP contribution in [0.5, 0.6) is 0 Å². The monoisotopic (exact) mass is 88.0 g/mol. The van der Waals surface area contributed by atoms with E-state index in [2.05, 4.69) is 0 Å². The predicted octanol–water partition coefficient (Wildman–Crippen LogP) is 0.299. The van der Waals surface area contributed by atoms with E-state index in [1.165, 1.54) is 0 Å². The molecule has 2 heteroatoms. The third-order valence-electron chi connectivity index (χ3n) is 0.304. The highest BCUT2D eigenvalue weighted by atomic mass is 19.1. The van der Waals surface area contributed by atoms with Crippen LogP contribution in [0.15, 0.2) is 0 Å². The molecule has 6 heavy (non-hydrogen) atoms. The van der Waals surface area contributed by atoms with Crippen molar-refractivity contribution in [2.24, 2.45) is 0 Å². The minimum absolute atomic E-state index is 0.0586. The molecular formula is C4H5FO. The van der Waals surface area contributed by atoms with E-state index in [1.54, 1.807) is 0 Å². The minimum atomic E-state index is -0.0586. The van der Waals surface area contributed by atoms with Crippen LogP contribution >= 0.6 is 0 Å². The molecule has 34 valence electrons. The topological polar surface area (TPSA) is 20.2 Å². The number of rotatable bonds is 1. The van der Waals surface area contributed by atoms with Crippen LogP contribution in [0.2, 0.25) is 0 Å². The van der Waals surface area contributed by atoms with E-state index >= 15 is 0 Å². The summed E-state index contributed by atoms with van der Waals surface area (Å²) in [5, 5.41) is 7.93. The van der Waals surface area contributed by atoms with Crippen molar-refractivity contribution in [3.63, 3.8) is 0 Å². The van der Waals surface area contributed by atoms with Gasteiger partial charge in [0.25, 0.3) is 0 Å². The number of aliphatic hydroxyl groups excluding tert-OH is 1. The summed E-state index contributed by atoms with van der Waals surface area (Å²) in [5.74, 6) is 2.03. The molecule has 0 saturated heterocycles. The highest BCUT2D eigenvalue weighted by molar-refractivity contribution is 4.89. The van der Waals surface area contributed by atoms with Crippen LogP contribution in [0.1, 0.15) is 6.42 Å². The van der Waals surface area contributed by atoms with Gasteiger partial charge in [-0.2, -0.15) is 0 Å². The normalized spacial score (nSPS) is 6.33. The maximum atomic E-state index is 10.7. The van der Waals surface area contributed by atoms with Gasteiger partial charge in [0.1, 0.15) is 6.17 Å². The summed E-state index contributed by atoms with van der Waals surface area (Å²) in [6.45, 7) is -0.0586. The molecule has 0 bridgehead atoms. The number of hydrogen-bond donors (Lipinski definition) is 1. The zero-order valence-electron chi connectivity index (χ0n) is 3.24. The molecule has 0 aliphatic carbocycles. The van der Waals surface area contributed by atoms with E-state index in [0.717, 1.165) is 6.17 Å². The largest absolute Gasteiger partial charge is 0.395 e. The Morgan fingerprint density at radius 1 is 1.67 bits per heavy atom. The van der Waals surface area contributed by atoms with Gasteiger partial charge < -0.3 is 5.11 Å². The maximum absolute atomic E-state index is 10.7. The minimum Gasteiger partial charge on any atom is -0.395 e. The van der Waals surface area contributed by atoms with Gasteiger partial charge in [-0.1, -0.05) is 5.92 Å². The molecule has 0 aromatic carbocycles. The molecule has 0 aliphatic rings. The SMILES string of the molecule is OCCC#CF. The highest BCUT2D eigenvalue weighted by Gasteiger charge is 1.66. The molecule has 0 unspecified atom stereocenters. The van der Waals surface area contributed by atoms with E-state index in [1.807, 2.05) is 5.92 Å². The fraction of sp³-hybridized carbons (Fsp3) is 0.500. The number of halogens is 1. The van der Waals surface area contributed by atoms with E-state index < -0.39 is 0 Å². The summed E-state index contributed by atoms with van der Waals surface area (Å²) in [4.78, 5) is 0. The van der Waals surface area contributed by atoms with Gasteiger partial charge in [0.15, 0.2) is 0 Å². The molecule has 0 radical (unpaired) electrons. The average molecular weight is 88.1 g/mol. The van der Waals surface area contributed by atoms with Crippen molar-refractivity contribution >= 4 is 0 Å². The Morgan fingerprint density at radius 2 is 2.33 bits per heavy atom. The fourth-order valence-corrected chi connectivity index (χ4v) is 0.103. The van der Waals surface area contributed by atoms with Crippen LogP contribution in [-0.4, -0.2) is 11.7 Å². The Labute approximate surface area is 35.8 Å². The lowest BCUT2D eigenvalue weighted by atomic mass is 10.5. The first kappa shape index (κ1) is 5.45. The summed E-state index contributed by atoms with van der Waals surface area (Å²) in [5.41, 5.74) is 0. The molecule has 1 nitrogen and oxygen atoms in total. The summed E-state index contributed by atoms with van der Waals surface area (Å²) in [6.07, 6.45) is 1.39. The lowest BCUT2D eigenvalue weighted by Gasteiger charge is -1.71. The quantitative estimate of drug-likeness (QED) is 0.457. The number of aliphatic hydroxyl groups is 1. The Bertz CT molecular complexity index is 69.4. The molecule has 0 fully saturated rings. The lowest BCUT2D eigenvalue weighted by molar-refractivity contribution is 0.305. The van der Waals surface area contributed by atoms with Gasteiger partial charge in [-0.15, -0.1) is 4.39 Å². The maximum Gasteiger partial charge on any atom is 0.105 e. The molecule has 0 amide bonds. The molecule has 1 N–H and O–H groups in total. The van der Waals surface area contributed by atoms with Gasteiger partial charge >= 0.3 is 0 Å². The van der Waals surface area contributed by atoms with E-state index in [0.29, 0.717) is 0 Å². The molecular weight excluding hydrogens is 83.0 g/mol. The van der Waals surface area contributed by atoms with Gasteiger partial charge in [0.05, 0.1) is 6.61 Å². The molecule has 0 spiro atoms. The average Bonchev–Trinajstić information content (AvgIpc) is 1.61. The summed E-state index contributed by atoms with van der Waals surface area (Å²) < 4.78 is 10.7. The molecule has 0 aromatic heterocycles. The van der Waals surface area contributed by atoms with Crippen molar-refractivity contribution in [3.05, 3.63) is 0 Å². The predicted molar refractivity (Wildman–Crippen MR) is 20.6 cm³/mol. The van der Waals surface area contributed by atoms with Gasteiger partial charge in [0.2, 0.25) is 0 Å². The van der Waals surface area contributed by atoms with Crippen molar-refractivity contribution in [3.8, 4) is 12.1 Å². The Balaban J connectivity index is 2.79. The van der Waals surface area contributed by atoms with Crippen LogP contribution in [0.25, 0.3) is 0 Å². The summed E-state index contributed by atoms with van der Waals surface area (Å²) >= 11 is 0. The lowest BCUT2D eigenvalue weighted by Crippen LogP contribution is -1.73. The van der Waals surface area contributed by atoms with Crippen molar-refractivity contribution < 1.29 is 9.50 Å². The van der Waals surface area contributed by atoms with Crippen molar-refractivity contribution in [1.29, 1.82) is 0 Å². The molecule has 0 heterocycles. The first-order valence-corrected chi connectivity index (χ1v) is 1.61. The smallest absolute Gasteiger partial charge is 0.105 e. The Morgan fingerprint density at radius 3 is 2.50 bits per heavy atom. The molecule has 0 aliphatic heterocycles. The van der Waals surface area contributed by atoms with Gasteiger partial charge in [-0.3, -0.25) is 0 Å². The van der Waals surface area contributed by atoms with Crippen LogP contribution in [0, 0.1) is 12.1 Å². The van der Waals surface area contributed by atoms with E-state index in [-0.39, 0.29) is 13.0 Å². The molecule has 0 rings (SSSR count). The van der Waals surface area contributed by atoms with Gasteiger partial charge in [0, 0.05) is 6.42 Å². The van der Waals surface area contributed by atoms with Crippen LogP contribution in [0.3, 0.4) is 0 Å².